The SMILES string of the molecule is Nc1ccc(NCCn2ccnn2)c(S(N)(=O)=O)c1. The van der Waals surface area contributed by atoms with Crippen molar-refractivity contribution >= 4 is 21.4 Å². The third-order valence-corrected chi connectivity index (χ3v) is 3.39. The number of hydrogen-bond acceptors (Lipinski definition) is 6. The van der Waals surface area contributed by atoms with Gasteiger partial charge in [0.05, 0.1) is 18.4 Å². The summed E-state index contributed by atoms with van der Waals surface area (Å²) in [6.07, 6.45) is 3.28. The van der Waals surface area contributed by atoms with Crippen molar-refractivity contribution in [2.24, 2.45) is 5.14 Å². The predicted octanol–water partition coefficient (Wildman–Crippen LogP) is -0.380. The van der Waals surface area contributed by atoms with Gasteiger partial charge in [0, 0.05) is 18.4 Å². The lowest BCUT2D eigenvalue weighted by Gasteiger charge is -2.11. The van der Waals surface area contributed by atoms with E-state index >= 15 is 0 Å². The summed E-state index contributed by atoms with van der Waals surface area (Å²) in [5, 5.41) is 15.6. The Kier molecular flexibility index (Phi) is 3.67. The average Bonchev–Trinajstić information content (AvgIpc) is 2.83. The maximum atomic E-state index is 11.5. The van der Waals surface area contributed by atoms with Crippen LogP contribution >= 0.6 is 0 Å². The van der Waals surface area contributed by atoms with Crippen LogP contribution in [0.1, 0.15) is 0 Å². The van der Waals surface area contributed by atoms with E-state index in [0.717, 1.165) is 0 Å². The van der Waals surface area contributed by atoms with Gasteiger partial charge in [-0.2, -0.15) is 0 Å². The second-order valence-electron chi connectivity index (χ2n) is 3.89. The monoisotopic (exact) mass is 282 g/mol. The zero-order chi connectivity index (χ0) is 13.9. The van der Waals surface area contributed by atoms with Crippen LogP contribution in [-0.2, 0) is 16.6 Å². The first-order valence-corrected chi connectivity index (χ1v) is 7.02. The van der Waals surface area contributed by atoms with Crippen molar-refractivity contribution in [1.82, 2.24) is 15.0 Å². The first kappa shape index (κ1) is 13.3. The highest BCUT2D eigenvalue weighted by atomic mass is 32.2. The van der Waals surface area contributed by atoms with E-state index in [-0.39, 0.29) is 4.90 Å². The number of sulfonamides is 1. The van der Waals surface area contributed by atoms with Crippen LogP contribution in [0.2, 0.25) is 0 Å². The molecule has 0 spiro atoms. The summed E-state index contributed by atoms with van der Waals surface area (Å²) in [7, 11) is -3.82. The zero-order valence-electron chi connectivity index (χ0n) is 10.0. The minimum atomic E-state index is -3.82. The molecule has 0 aliphatic heterocycles. The van der Waals surface area contributed by atoms with E-state index in [9.17, 15) is 8.42 Å². The van der Waals surface area contributed by atoms with Crippen molar-refractivity contribution in [3.8, 4) is 0 Å². The molecule has 1 aromatic heterocycles. The van der Waals surface area contributed by atoms with E-state index in [2.05, 4.69) is 15.6 Å². The number of nitrogens with one attached hydrogen (secondary N) is 1. The quantitative estimate of drug-likeness (QED) is 0.641. The molecule has 5 N–H and O–H groups in total. The Morgan fingerprint density at radius 2 is 2.16 bits per heavy atom. The van der Waals surface area contributed by atoms with Crippen LogP contribution in [0, 0.1) is 0 Å². The molecule has 19 heavy (non-hydrogen) atoms. The maximum absolute atomic E-state index is 11.5. The van der Waals surface area contributed by atoms with Gasteiger partial charge in [-0.25, -0.2) is 13.6 Å². The van der Waals surface area contributed by atoms with Crippen molar-refractivity contribution in [3.05, 3.63) is 30.6 Å². The number of nitrogens with zero attached hydrogens (tertiary/aromatic N) is 3. The Morgan fingerprint density at radius 1 is 1.37 bits per heavy atom. The molecule has 2 rings (SSSR count). The van der Waals surface area contributed by atoms with E-state index in [1.165, 1.54) is 6.07 Å². The fraction of sp³-hybridized carbons (Fsp3) is 0.200. The highest BCUT2D eigenvalue weighted by Crippen LogP contribution is 2.22. The van der Waals surface area contributed by atoms with Gasteiger partial charge in [-0.15, -0.1) is 5.10 Å². The van der Waals surface area contributed by atoms with E-state index in [1.54, 1.807) is 29.2 Å². The average molecular weight is 282 g/mol. The van der Waals surface area contributed by atoms with Crippen molar-refractivity contribution in [2.45, 2.75) is 11.4 Å². The molecule has 0 amide bonds. The van der Waals surface area contributed by atoms with Crippen molar-refractivity contribution in [2.75, 3.05) is 17.6 Å². The molecule has 0 aliphatic rings. The maximum Gasteiger partial charge on any atom is 0.240 e. The Labute approximate surface area is 110 Å². The van der Waals surface area contributed by atoms with Crippen molar-refractivity contribution in [3.63, 3.8) is 0 Å². The smallest absolute Gasteiger partial charge is 0.240 e. The molecule has 102 valence electrons. The van der Waals surface area contributed by atoms with Crippen LogP contribution in [0.15, 0.2) is 35.5 Å². The topological polar surface area (TPSA) is 129 Å². The van der Waals surface area contributed by atoms with Crippen LogP contribution in [-0.4, -0.2) is 30.0 Å². The van der Waals surface area contributed by atoms with Gasteiger partial charge in [-0.3, -0.25) is 4.68 Å². The lowest BCUT2D eigenvalue weighted by molar-refractivity contribution is 0.597. The number of rotatable bonds is 5. The van der Waals surface area contributed by atoms with E-state index in [1.807, 2.05) is 0 Å². The molecule has 0 unspecified atom stereocenters. The molecule has 0 atom stereocenters. The lowest BCUT2D eigenvalue weighted by Crippen LogP contribution is -2.17. The molecule has 0 radical (unpaired) electrons. The number of benzene rings is 1. The zero-order valence-corrected chi connectivity index (χ0v) is 10.8. The molecular weight excluding hydrogens is 268 g/mol. The molecule has 2 aromatic rings. The Balaban J connectivity index is 2.12. The van der Waals surface area contributed by atoms with Gasteiger partial charge in [-0.1, -0.05) is 5.21 Å². The molecule has 9 heteroatoms. The Hall–Kier alpha value is -2.13. The van der Waals surface area contributed by atoms with Crippen LogP contribution in [0.3, 0.4) is 0 Å². The van der Waals surface area contributed by atoms with Gasteiger partial charge in [0.25, 0.3) is 0 Å². The molecule has 1 aromatic carbocycles. The summed E-state index contributed by atoms with van der Waals surface area (Å²) in [6, 6.07) is 4.51. The van der Waals surface area contributed by atoms with Gasteiger partial charge >= 0.3 is 0 Å². The number of nitrogens with two attached hydrogens (primary N) is 2. The molecule has 0 aliphatic carbocycles. The van der Waals surface area contributed by atoms with Crippen molar-refractivity contribution < 1.29 is 8.42 Å². The summed E-state index contributed by atoms with van der Waals surface area (Å²) in [5.74, 6) is 0. The first-order valence-electron chi connectivity index (χ1n) is 5.47. The summed E-state index contributed by atoms with van der Waals surface area (Å²) < 4.78 is 24.5. The van der Waals surface area contributed by atoms with Gasteiger partial charge in [0.1, 0.15) is 4.90 Å². The van der Waals surface area contributed by atoms with E-state index < -0.39 is 10.0 Å². The molecule has 0 fully saturated rings. The molecule has 0 saturated carbocycles. The fourth-order valence-corrected chi connectivity index (χ4v) is 2.32. The van der Waals surface area contributed by atoms with E-state index in [4.69, 9.17) is 10.9 Å². The van der Waals surface area contributed by atoms with Gasteiger partial charge in [0.15, 0.2) is 0 Å². The second kappa shape index (κ2) is 5.24. The van der Waals surface area contributed by atoms with Crippen molar-refractivity contribution in [1.29, 1.82) is 0 Å². The Morgan fingerprint density at radius 3 is 2.79 bits per heavy atom. The molecule has 1 heterocycles. The summed E-state index contributed by atoms with van der Waals surface area (Å²) in [6.45, 7) is 1.03. The number of aromatic nitrogens is 3. The highest BCUT2D eigenvalue weighted by Gasteiger charge is 2.14. The minimum absolute atomic E-state index is 0.0221. The van der Waals surface area contributed by atoms with Crippen LogP contribution in [0.25, 0.3) is 0 Å². The highest BCUT2D eigenvalue weighted by molar-refractivity contribution is 7.89. The third-order valence-electron chi connectivity index (χ3n) is 2.44. The normalized spacial score (nSPS) is 11.4. The summed E-state index contributed by atoms with van der Waals surface area (Å²) in [5.41, 5.74) is 6.31. The molecular formula is C10H14N6O2S. The summed E-state index contributed by atoms with van der Waals surface area (Å²) >= 11 is 0. The number of anilines is 2. The molecule has 0 saturated heterocycles. The molecule has 0 bridgehead atoms. The Bertz CT molecular complexity index is 653. The number of primary sulfonamides is 1. The van der Waals surface area contributed by atoms with Gasteiger partial charge in [0.2, 0.25) is 10.0 Å². The van der Waals surface area contributed by atoms with Gasteiger partial charge in [-0.05, 0) is 18.2 Å². The summed E-state index contributed by atoms with van der Waals surface area (Å²) in [4.78, 5) is -0.0221. The second-order valence-corrected chi connectivity index (χ2v) is 5.42. The number of hydrogen-bond donors (Lipinski definition) is 3. The van der Waals surface area contributed by atoms with Crippen LogP contribution in [0.4, 0.5) is 11.4 Å². The van der Waals surface area contributed by atoms with Crippen LogP contribution in [0.5, 0.6) is 0 Å². The van der Waals surface area contributed by atoms with Crippen LogP contribution < -0.4 is 16.2 Å². The van der Waals surface area contributed by atoms with Gasteiger partial charge < -0.3 is 11.1 Å². The molecule has 8 nitrogen and oxygen atoms in total. The fourth-order valence-electron chi connectivity index (χ4n) is 1.58. The first-order chi connectivity index (χ1) is 8.97. The predicted molar refractivity (Wildman–Crippen MR) is 70.7 cm³/mol. The minimum Gasteiger partial charge on any atom is -0.399 e. The standard InChI is InChI=1S/C10H14N6O2S/c11-8-1-2-9(10(7-8)19(12,17)18)13-3-5-16-6-4-14-15-16/h1-2,4,6-7,13H,3,5,11H2,(H2,12,17,18). The van der Waals surface area contributed by atoms with E-state index in [0.29, 0.717) is 24.5 Å². The largest absolute Gasteiger partial charge is 0.399 e. The third kappa shape index (κ3) is 3.42. The number of nitrogen functional groups attached to an aromatic ring is 1. The lowest BCUT2D eigenvalue weighted by atomic mass is 10.3.